The molecule has 2 aliphatic rings. The molecule has 0 aliphatic carbocycles. The van der Waals surface area contributed by atoms with Crippen molar-refractivity contribution in [2.75, 3.05) is 11.4 Å². The van der Waals surface area contributed by atoms with Crippen molar-refractivity contribution in [3.8, 4) is 11.5 Å². The summed E-state index contributed by atoms with van der Waals surface area (Å²) in [6.45, 7) is -0.519. The molecule has 0 N–H and O–H groups in total. The van der Waals surface area contributed by atoms with Crippen LogP contribution in [0.3, 0.4) is 0 Å². The van der Waals surface area contributed by atoms with Crippen molar-refractivity contribution in [1.29, 1.82) is 0 Å². The van der Waals surface area contributed by atoms with E-state index in [1.54, 1.807) is 48.5 Å². The number of carbonyl (C=O) groups is 3. The summed E-state index contributed by atoms with van der Waals surface area (Å²) in [5, 5.41) is 0. The standard InChI is InChI=1S/C22H13FN2O4/c23-14-7-5-6-13-20(14)22(28)24(21(13)27)12-19(26)25-15-8-1-3-10-17(15)29-18-11-4-2-9-16(18)25/h1-11H,12H2. The molecule has 3 aromatic rings. The third-order valence-corrected chi connectivity index (χ3v) is 4.92. The zero-order valence-electron chi connectivity index (χ0n) is 15.0. The Balaban J connectivity index is 1.52. The number of hydrogen-bond donors (Lipinski definition) is 0. The molecule has 0 radical (unpaired) electrons. The molecule has 0 unspecified atom stereocenters. The Morgan fingerprint density at radius 2 is 1.45 bits per heavy atom. The Bertz CT molecular complexity index is 1160. The van der Waals surface area contributed by atoms with Crippen LogP contribution in [0.25, 0.3) is 0 Å². The number of fused-ring (bicyclic) bond motifs is 3. The van der Waals surface area contributed by atoms with Gasteiger partial charge in [-0.25, -0.2) is 4.39 Å². The van der Waals surface area contributed by atoms with Gasteiger partial charge in [0.1, 0.15) is 12.4 Å². The number of hydrogen-bond acceptors (Lipinski definition) is 4. The molecule has 5 rings (SSSR count). The van der Waals surface area contributed by atoms with Gasteiger partial charge in [0.2, 0.25) is 0 Å². The van der Waals surface area contributed by atoms with E-state index in [4.69, 9.17) is 4.74 Å². The number of halogens is 1. The Labute approximate surface area is 164 Å². The molecule has 0 saturated carbocycles. The van der Waals surface area contributed by atoms with Crippen molar-refractivity contribution in [3.63, 3.8) is 0 Å². The van der Waals surface area contributed by atoms with E-state index >= 15 is 0 Å². The number of amides is 3. The predicted octanol–water partition coefficient (Wildman–Crippen LogP) is 3.89. The van der Waals surface area contributed by atoms with Crippen LogP contribution in [0.5, 0.6) is 11.5 Å². The Kier molecular flexibility index (Phi) is 3.70. The number of anilines is 2. The zero-order chi connectivity index (χ0) is 20.1. The molecule has 0 saturated heterocycles. The summed E-state index contributed by atoms with van der Waals surface area (Å²) in [7, 11) is 0. The monoisotopic (exact) mass is 388 g/mol. The van der Waals surface area contributed by atoms with Crippen LogP contribution >= 0.6 is 0 Å². The quantitative estimate of drug-likeness (QED) is 0.625. The molecule has 0 bridgehead atoms. The lowest BCUT2D eigenvalue weighted by Crippen LogP contribution is -2.41. The van der Waals surface area contributed by atoms with Crippen LogP contribution in [0, 0.1) is 5.82 Å². The Morgan fingerprint density at radius 1 is 0.828 bits per heavy atom. The maximum absolute atomic E-state index is 14.1. The van der Waals surface area contributed by atoms with Gasteiger partial charge in [-0.3, -0.25) is 24.2 Å². The van der Waals surface area contributed by atoms with Crippen molar-refractivity contribution in [2.45, 2.75) is 0 Å². The number of nitrogens with zero attached hydrogens (tertiary/aromatic N) is 2. The fourth-order valence-corrected chi connectivity index (χ4v) is 3.62. The van der Waals surface area contributed by atoms with Crippen molar-refractivity contribution < 1.29 is 23.5 Å². The summed E-state index contributed by atoms with van der Waals surface area (Å²) in [5.74, 6) is -1.83. The molecular formula is C22H13FN2O4. The summed E-state index contributed by atoms with van der Waals surface area (Å²) in [6, 6.07) is 17.8. The molecule has 6 nitrogen and oxygen atoms in total. The number of rotatable bonds is 2. The summed E-state index contributed by atoms with van der Waals surface area (Å²) in [6.07, 6.45) is 0. The van der Waals surface area contributed by atoms with E-state index in [9.17, 15) is 18.8 Å². The number of carbonyl (C=O) groups excluding carboxylic acids is 3. The summed E-state index contributed by atoms with van der Waals surface area (Å²) < 4.78 is 19.9. The van der Waals surface area contributed by atoms with Gasteiger partial charge in [-0.15, -0.1) is 0 Å². The zero-order valence-corrected chi connectivity index (χ0v) is 15.0. The van der Waals surface area contributed by atoms with Gasteiger partial charge in [-0.2, -0.15) is 0 Å². The van der Waals surface area contributed by atoms with Crippen molar-refractivity contribution >= 4 is 29.1 Å². The lowest BCUT2D eigenvalue weighted by atomic mass is 10.1. The molecule has 142 valence electrons. The van der Waals surface area contributed by atoms with Crippen molar-refractivity contribution in [2.24, 2.45) is 0 Å². The largest absolute Gasteiger partial charge is 0.453 e. The highest BCUT2D eigenvalue weighted by Gasteiger charge is 2.40. The highest BCUT2D eigenvalue weighted by Crippen LogP contribution is 2.46. The molecule has 0 aromatic heterocycles. The highest BCUT2D eigenvalue weighted by atomic mass is 19.1. The van der Waals surface area contributed by atoms with Crippen molar-refractivity contribution in [3.05, 3.63) is 83.7 Å². The lowest BCUT2D eigenvalue weighted by Gasteiger charge is -2.31. The lowest BCUT2D eigenvalue weighted by molar-refractivity contribution is -0.118. The Morgan fingerprint density at radius 3 is 2.07 bits per heavy atom. The van der Waals surface area contributed by atoms with Crippen LogP contribution in [0.2, 0.25) is 0 Å². The van der Waals surface area contributed by atoms with Crippen LogP contribution in [-0.2, 0) is 4.79 Å². The van der Waals surface area contributed by atoms with Crippen LogP contribution in [0.4, 0.5) is 15.8 Å². The van der Waals surface area contributed by atoms with Crippen LogP contribution in [0.15, 0.2) is 66.7 Å². The summed E-state index contributed by atoms with van der Waals surface area (Å²) >= 11 is 0. The van der Waals surface area contributed by atoms with E-state index in [2.05, 4.69) is 0 Å². The fourth-order valence-electron chi connectivity index (χ4n) is 3.62. The van der Waals surface area contributed by atoms with Gasteiger partial charge in [0.05, 0.1) is 22.5 Å². The molecule has 0 spiro atoms. The van der Waals surface area contributed by atoms with Gasteiger partial charge < -0.3 is 4.74 Å². The molecular weight excluding hydrogens is 375 g/mol. The van der Waals surface area contributed by atoms with E-state index < -0.39 is 30.1 Å². The molecule has 29 heavy (non-hydrogen) atoms. The average Bonchev–Trinajstić information content (AvgIpc) is 2.97. The van der Waals surface area contributed by atoms with E-state index in [-0.39, 0.29) is 11.1 Å². The Hall–Kier alpha value is -4.00. The van der Waals surface area contributed by atoms with Gasteiger partial charge in [-0.05, 0) is 36.4 Å². The average molecular weight is 388 g/mol. The minimum Gasteiger partial charge on any atom is -0.453 e. The predicted molar refractivity (Wildman–Crippen MR) is 102 cm³/mol. The molecule has 3 amide bonds. The van der Waals surface area contributed by atoms with Crippen LogP contribution in [-0.4, -0.2) is 29.2 Å². The van der Waals surface area contributed by atoms with Gasteiger partial charge in [0.15, 0.2) is 11.5 Å². The topological polar surface area (TPSA) is 66.9 Å². The number of imide groups is 1. The van der Waals surface area contributed by atoms with Gasteiger partial charge in [0.25, 0.3) is 17.7 Å². The smallest absolute Gasteiger partial charge is 0.265 e. The maximum atomic E-state index is 14.1. The second-order valence-corrected chi connectivity index (χ2v) is 6.63. The molecule has 2 aliphatic heterocycles. The van der Waals surface area contributed by atoms with Gasteiger partial charge in [-0.1, -0.05) is 30.3 Å². The first-order valence-corrected chi connectivity index (χ1v) is 8.90. The summed E-state index contributed by atoms with van der Waals surface area (Å²) in [5.41, 5.74) is 0.664. The molecule has 0 atom stereocenters. The van der Waals surface area contributed by atoms with Crippen LogP contribution < -0.4 is 9.64 Å². The van der Waals surface area contributed by atoms with E-state index in [0.717, 1.165) is 11.0 Å². The first kappa shape index (κ1) is 17.1. The van der Waals surface area contributed by atoms with E-state index in [1.165, 1.54) is 17.0 Å². The van der Waals surface area contributed by atoms with Crippen LogP contribution in [0.1, 0.15) is 20.7 Å². The number of benzene rings is 3. The molecule has 2 heterocycles. The third kappa shape index (κ3) is 2.51. The van der Waals surface area contributed by atoms with Crippen molar-refractivity contribution in [1.82, 2.24) is 4.90 Å². The minimum absolute atomic E-state index is 0.0365. The maximum Gasteiger partial charge on any atom is 0.265 e. The van der Waals surface area contributed by atoms with E-state index in [1.807, 2.05) is 0 Å². The third-order valence-electron chi connectivity index (χ3n) is 4.92. The highest BCUT2D eigenvalue weighted by molar-refractivity contribution is 6.23. The molecule has 7 heteroatoms. The fraction of sp³-hybridized carbons (Fsp3) is 0.0455. The second-order valence-electron chi connectivity index (χ2n) is 6.63. The van der Waals surface area contributed by atoms with Gasteiger partial charge in [0, 0.05) is 0 Å². The molecule has 3 aromatic carbocycles. The SMILES string of the molecule is O=C1c2cccc(F)c2C(=O)N1CC(=O)N1c2ccccc2Oc2ccccc21. The van der Waals surface area contributed by atoms with E-state index in [0.29, 0.717) is 22.9 Å². The minimum atomic E-state index is -0.814. The number of para-hydroxylation sites is 4. The second kappa shape index (κ2) is 6.27. The first-order chi connectivity index (χ1) is 14.1. The normalized spacial score (nSPS) is 14.2. The summed E-state index contributed by atoms with van der Waals surface area (Å²) in [4.78, 5) is 40.6. The van der Waals surface area contributed by atoms with Gasteiger partial charge >= 0.3 is 0 Å². The first-order valence-electron chi connectivity index (χ1n) is 8.90. The number of ether oxygens (including phenoxy) is 1. The molecule has 0 fully saturated rings.